The third-order valence-corrected chi connectivity index (χ3v) is 4.35. The van der Waals surface area contributed by atoms with Crippen molar-refractivity contribution in [2.75, 3.05) is 36.5 Å². The van der Waals surface area contributed by atoms with Crippen LogP contribution in [0.3, 0.4) is 0 Å². The fraction of sp³-hybridized carbons (Fsp3) is 0.733. The van der Waals surface area contributed by atoms with Crippen LogP contribution in [0.5, 0.6) is 0 Å². The molecule has 2 fully saturated rings. The van der Waals surface area contributed by atoms with Crippen LogP contribution in [0, 0.1) is 5.92 Å². The molecule has 1 aromatic heterocycles. The molecule has 0 amide bonds. The minimum Gasteiger partial charge on any atom is -0.379 e. The van der Waals surface area contributed by atoms with Gasteiger partial charge in [-0.15, -0.1) is 0 Å². The van der Waals surface area contributed by atoms with Crippen LogP contribution in [0.2, 0.25) is 0 Å². The summed E-state index contributed by atoms with van der Waals surface area (Å²) in [7, 11) is 0. The molecule has 20 heavy (non-hydrogen) atoms. The summed E-state index contributed by atoms with van der Waals surface area (Å²) in [6, 6.07) is 2.46. The fourth-order valence-corrected chi connectivity index (χ4v) is 3.04. The summed E-state index contributed by atoms with van der Waals surface area (Å²) in [5.74, 6) is 2.79. The number of ether oxygens (including phenoxy) is 1. The summed E-state index contributed by atoms with van der Waals surface area (Å²) < 4.78 is 5.50. The van der Waals surface area contributed by atoms with Gasteiger partial charge in [0.05, 0.1) is 12.6 Å². The topological polar surface area (TPSA) is 50.3 Å². The molecule has 1 aromatic rings. The third-order valence-electron chi connectivity index (χ3n) is 4.35. The molecule has 0 spiro atoms. The highest BCUT2D eigenvalue weighted by Crippen LogP contribution is 2.25. The Balaban J connectivity index is 1.63. The zero-order valence-electron chi connectivity index (χ0n) is 12.2. The van der Waals surface area contributed by atoms with E-state index in [1.807, 2.05) is 0 Å². The van der Waals surface area contributed by atoms with Gasteiger partial charge in [0, 0.05) is 25.8 Å². The van der Waals surface area contributed by atoms with Gasteiger partial charge in [-0.3, -0.25) is 0 Å². The molecule has 2 aliphatic rings. The van der Waals surface area contributed by atoms with Gasteiger partial charge in [0.15, 0.2) is 0 Å². The fourth-order valence-electron chi connectivity index (χ4n) is 3.04. The summed E-state index contributed by atoms with van der Waals surface area (Å²) in [4.78, 5) is 11.1. The molecule has 0 aromatic carbocycles. The van der Waals surface area contributed by atoms with Crippen molar-refractivity contribution in [2.24, 2.45) is 5.92 Å². The maximum atomic E-state index is 5.50. The van der Waals surface area contributed by atoms with Crippen LogP contribution in [0.1, 0.15) is 32.6 Å². The Hall–Kier alpha value is -1.36. The number of aromatic nitrogens is 2. The molecule has 0 aliphatic carbocycles. The van der Waals surface area contributed by atoms with E-state index in [9.17, 15) is 0 Å². The molecule has 5 heteroatoms. The molecular formula is C15H24N4O. The molecule has 3 rings (SSSR count). The van der Waals surface area contributed by atoms with E-state index in [1.54, 1.807) is 6.33 Å². The Kier molecular flexibility index (Phi) is 4.35. The number of anilines is 2. The third kappa shape index (κ3) is 3.20. The van der Waals surface area contributed by atoms with E-state index in [0.29, 0.717) is 6.04 Å². The van der Waals surface area contributed by atoms with Gasteiger partial charge < -0.3 is 15.0 Å². The van der Waals surface area contributed by atoms with Gasteiger partial charge in [0.1, 0.15) is 18.0 Å². The number of nitrogens with zero attached hydrogens (tertiary/aromatic N) is 3. The molecule has 0 radical (unpaired) electrons. The lowest BCUT2D eigenvalue weighted by Gasteiger charge is -2.24. The zero-order chi connectivity index (χ0) is 13.8. The minimum absolute atomic E-state index is 0.383. The van der Waals surface area contributed by atoms with E-state index < -0.39 is 0 Å². The average molecular weight is 276 g/mol. The average Bonchev–Trinajstić information content (AvgIpc) is 2.98. The lowest BCUT2D eigenvalue weighted by molar-refractivity contribution is 0.0875. The van der Waals surface area contributed by atoms with Gasteiger partial charge in [-0.1, -0.05) is 13.3 Å². The molecule has 0 unspecified atom stereocenters. The lowest BCUT2D eigenvalue weighted by Crippen LogP contribution is -2.30. The molecule has 2 aliphatic heterocycles. The standard InChI is InChI=1S/C15H24N4O/c1-2-12-5-6-19(9-12)15-8-14(16-11-17-15)18-13-4-3-7-20-10-13/h8,11-13H,2-7,9-10H2,1H3,(H,16,17,18)/t12-,13+/m0/s1. The highest BCUT2D eigenvalue weighted by molar-refractivity contribution is 5.49. The van der Waals surface area contributed by atoms with E-state index >= 15 is 0 Å². The quantitative estimate of drug-likeness (QED) is 0.914. The summed E-state index contributed by atoms with van der Waals surface area (Å²) in [6.07, 6.45) is 6.48. The van der Waals surface area contributed by atoms with Crippen LogP contribution < -0.4 is 10.2 Å². The van der Waals surface area contributed by atoms with Crippen molar-refractivity contribution >= 4 is 11.6 Å². The van der Waals surface area contributed by atoms with Crippen LogP contribution in [0.25, 0.3) is 0 Å². The highest BCUT2D eigenvalue weighted by atomic mass is 16.5. The van der Waals surface area contributed by atoms with E-state index in [2.05, 4.69) is 33.2 Å². The SMILES string of the molecule is CC[C@H]1CCN(c2cc(N[C@@H]3CCCOC3)ncn2)C1. The Morgan fingerprint density at radius 3 is 3.10 bits per heavy atom. The maximum absolute atomic E-state index is 5.50. The van der Waals surface area contributed by atoms with Gasteiger partial charge in [-0.05, 0) is 25.2 Å². The molecule has 0 bridgehead atoms. The highest BCUT2D eigenvalue weighted by Gasteiger charge is 2.22. The zero-order valence-corrected chi connectivity index (χ0v) is 12.2. The van der Waals surface area contributed by atoms with E-state index in [4.69, 9.17) is 4.74 Å². The normalized spacial score (nSPS) is 26.8. The van der Waals surface area contributed by atoms with E-state index in [1.165, 1.54) is 12.8 Å². The van der Waals surface area contributed by atoms with Gasteiger partial charge in [0.2, 0.25) is 0 Å². The summed E-state index contributed by atoms with van der Waals surface area (Å²) in [5.41, 5.74) is 0. The van der Waals surface area contributed by atoms with Crippen LogP contribution in [0.15, 0.2) is 12.4 Å². The molecule has 2 saturated heterocycles. The first-order chi connectivity index (χ1) is 9.85. The Labute approximate surface area is 120 Å². The van der Waals surface area contributed by atoms with E-state index in [0.717, 1.165) is 56.7 Å². The second kappa shape index (κ2) is 6.39. The minimum atomic E-state index is 0.383. The van der Waals surface area contributed by atoms with E-state index in [-0.39, 0.29) is 0 Å². The molecule has 110 valence electrons. The van der Waals surface area contributed by atoms with Gasteiger partial charge in [0.25, 0.3) is 0 Å². The Morgan fingerprint density at radius 1 is 1.40 bits per heavy atom. The number of rotatable bonds is 4. The van der Waals surface area contributed by atoms with Gasteiger partial charge in [-0.25, -0.2) is 9.97 Å². The second-order valence-electron chi connectivity index (χ2n) is 5.83. The number of nitrogens with one attached hydrogen (secondary N) is 1. The van der Waals surface area contributed by atoms with Gasteiger partial charge in [-0.2, -0.15) is 0 Å². The molecule has 2 atom stereocenters. The van der Waals surface area contributed by atoms with Crippen molar-refractivity contribution in [1.29, 1.82) is 0 Å². The van der Waals surface area contributed by atoms with Crippen molar-refractivity contribution in [3.63, 3.8) is 0 Å². The van der Waals surface area contributed by atoms with Crippen LogP contribution >= 0.6 is 0 Å². The first-order valence-corrected chi connectivity index (χ1v) is 7.76. The maximum Gasteiger partial charge on any atom is 0.134 e. The smallest absolute Gasteiger partial charge is 0.134 e. The predicted molar refractivity (Wildman–Crippen MR) is 80.1 cm³/mol. The first kappa shape index (κ1) is 13.6. The number of hydrogen-bond donors (Lipinski definition) is 1. The summed E-state index contributed by atoms with van der Waals surface area (Å²) in [5, 5.41) is 3.47. The first-order valence-electron chi connectivity index (χ1n) is 7.76. The monoisotopic (exact) mass is 276 g/mol. The van der Waals surface area contributed by atoms with Crippen molar-refractivity contribution in [3.05, 3.63) is 12.4 Å². The molecule has 5 nitrogen and oxygen atoms in total. The number of hydrogen-bond acceptors (Lipinski definition) is 5. The summed E-state index contributed by atoms with van der Waals surface area (Å²) in [6.45, 7) is 6.17. The second-order valence-corrected chi connectivity index (χ2v) is 5.83. The Bertz CT molecular complexity index is 434. The molecular weight excluding hydrogens is 252 g/mol. The summed E-state index contributed by atoms with van der Waals surface area (Å²) >= 11 is 0. The predicted octanol–water partition coefficient (Wildman–Crippen LogP) is 2.30. The molecule has 0 saturated carbocycles. The van der Waals surface area contributed by atoms with Crippen molar-refractivity contribution in [3.8, 4) is 0 Å². The van der Waals surface area contributed by atoms with Crippen molar-refractivity contribution in [2.45, 2.75) is 38.6 Å². The van der Waals surface area contributed by atoms with Crippen molar-refractivity contribution < 1.29 is 4.74 Å². The largest absolute Gasteiger partial charge is 0.379 e. The van der Waals surface area contributed by atoms with Gasteiger partial charge >= 0.3 is 0 Å². The molecule has 1 N–H and O–H groups in total. The van der Waals surface area contributed by atoms with Crippen LogP contribution in [-0.2, 0) is 4.74 Å². The van der Waals surface area contributed by atoms with Crippen molar-refractivity contribution in [1.82, 2.24) is 9.97 Å². The Morgan fingerprint density at radius 2 is 2.35 bits per heavy atom. The van der Waals surface area contributed by atoms with Crippen LogP contribution in [-0.4, -0.2) is 42.3 Å². The lowest BCUT2D eigenvalue weighted by atomic mass is 10.1. The molecule has 3 heterocycles. The van der Waals surface area contributed by atoms with Crippen LogP contribution in [0.4, 0.5) is 11.6 Å².